The zero-order valence-corrected chi connectivity index (χ0v) is 17.7. The number of carbonyl (C=O) groups excluding carboxylic acids is 2. The molecule has 2 aliphatic rings. The van der Waals surface area contributed by atoms with Crippen molar-refractivity contribution in [3.63, 3.8) is 0 Å². The van der Waals surface area contributed by atoms with Crippen LogP contribution in [0, 0.1) is 0 Å². The van der Waals surface area contributed by atoms with E-state index in [0.29, 0.717) is 11.1 Å². The summed E-state index contributed by atoms with van der Waals surface area (Å²) in [6.07, 6.45) is 17.3. The molecular weight excluding hydrogens is 431 g/mol. The molecule has 4 nitrogen and oxygen atoms in total. The largest absolute Gasteiger partial charge is 0.361 e. The number of ketones is 2. The second-order valence-electron chi connectivity index (χ2n) is 6.39. The Morgan fingerprint density at radius 3 is 1.23 bits per heavy atom. The number of anilines is 2. The van der Waals surface area contributed by atoms with Crippen molar-refractivity contribution in [2.45, 2.75) is 0 Å². The van der Waals surface area contributed by atoms with Gasteiger partial charge in [-0.3, -0.25) is 9.59 Å². The Kier molecular flexibility index (Phi) is 9.73. The zero-order valence-electron chi connectivity index (χ0n) is 16.7. The second-order valence-corrected chi connectivity index (χ2v) is 6.39. The average molecular weight is 453 g/mol. The maximum Gasteiger partial charge on any atom is 0.187 e. The van der Waals surface area contributed by atoms with Gasteiger partial charge in [0.05, 0.1) is 0 Å². The van der Waals surface area contributed by atoms with Crippen molar-refractivity contribution in [2.75, 3.05) is 10.6 Å². The summed E-state index contributed by atoms with van der Waals surface area (Å²) in [6, 6.07) is 19.5. The molecule has 0 saturated carbocycles. The normalized spacial score (nSPS) is 16.5. The van der Waals surface area contributed by atoms with Crippen molar-refractivity contribution in [2.24, 2.45) is 0 Å². The van der Waals surface area contributed by atoms with Crippen LogP contribution < -0.4 is 10.6 Å². The molecule has 31 heavy (non-hydrogen) atoms. The van der Waals surface area contributed by atoms with Crippen molar-refractivity contribution in [3.8, 4) is 0 Å². The quantitative estimate of drug-likeness (QED) is 0.484. The Bertz CT molecular complexity index is 976. The number of para-hydroxylation sites is 2. The molecule has 0 heterocycles. The predicted molar refractivity (Wildman–Crippen MR) is 123 cm³/mol. The fourth-order valence-electron chi connectivity index (χ4n) is 2.59. The summed E-state index contributed by atoms with van der Waals surface area (Å²) in [5, 5.41) is 6.15. The Morgan fingerprint density at radius 2 is 0.871 bits per heavy atom. The number of hydrogen-bond acceptors (Lipinski definition) is 4. The topological polar surface area (TPSA) is 58.2 Å². The van der Waals surface area contributed by atoms with Gasteiger partial charge in [0.2, 0.25) is 0 Å². The van der Waals surface area contributed by atoms with E-state index in [2.05, 4.69) is 10.6 Å². The van der Waals surface area contributed by atoms with Crippen LogP contribution in [0.3, 0.4) is 0 Å². The maximum atomic E-state index is 11.4. The number of benzene rings is 2. The Hall–Kier alpha value is -3.69. The first-order valence-corrected chi connectivity index (χ1v) is 9.54. The summed E-state index contributed by atoms with van der Waals surface area (Å²) in [5.41, 5.74) is 3.28. The summed E-state index contributed by atoms with van der Waals surface area (Å²) in [6.45, 7) is 0. The van der Waals surface area contributed by atoms with Gasteiger partial charge in [0, 0.05) is 51.4 Å². The average Bonchev–Trinajstić information content (AvgIpc) is 2.80. The van der Waals surface area contributed by atoms with Crippen LogP contribution in [0.5, 0.6) is 0 Å². The first-order valence-electron chi connectivity index (χ1n) is 9.54. The minimum Gasteiger partial charge on any atom is -0.361 e. The van der Waals surface area contributed by atoms with Crippen molar-refractivity contribution < 1.29 is 26.1 Å². The van der Waals surface area contributed by atoms with Crippen LogP contribution in [0.2, 0.25) is 0 Å². The predicted octanol–water partition coefficient (Wildman–Crippen LogP) is 5.35. The molecule has 0 unspecified atom stereocenters. The molecular formula is C26H22N2NiO2. The van der Waals surface area contributed by atoms with E-state index < -0.39 is 0 Å². The Balaban J connectivity index is 0.000000213. The van der Waals surface area contributed by atoms with Gasteiger partial charge in [0.1, 0.15) is 0 Å². The smallest absolute Gasteiger partial charge is 0.187 e. The Morgan fingerprint density at radius 1 is 0.516 bits per heavy atom. The molecule has 0 spiro atoms. The molecule has 5 heteroatoms. The van der Waals surface area contributed by atoms with Crippen LogP contribution in [0.1, 0.15) is 0 Å². The summed E-state index contributed by atoms with van der Waals surface area (Å²) < 4.78 is 0. The molecule has 0 atom stereocenters. The van der Waals surface area contributed by atoms with Crippen molar-refractivity contribution >= 4 is 22.9 Å². The van der Waals surface area contributed by atoms with Gasteiger partial charge in [-0.25, -0.2) is 0 Å². The Labute approximate surface area is 192 Å². The summed E-state index contributed by atoms with van der Waals surface area (Å²) in [4.78, 5) is 22.7. The van der Waals surface area contributed by atoms with Gasteiger partial charge in [-0.05, 0) is 48.6 Å². The molecule has 0 saturated heterocycles. The van der Waals surface area contributed by atoms with E-state index in [1.165, 1.54) is 0 Å². The third-order valence-electron chi connectivity index (χ3n) is 4.17. The number of nitrogens with one attached hydrogen (secondary N) is 2. The molecule has 158 valence electrons. The molecule has 4 rings (SSSR count). The zero-order chi connectivity index (χ0) is 21.0. The van der Waals surface area contributed by atoms with Gasteiger partial charge in [0.15, 0.2) is 11.6 Å². The molecule has 0 fully saturated rings. The SMILES string of the molecule is O=C1C=CC=C/C1=C/Nc1ccccc1.O=C1C=CC=C/C1=C/Nc1ccccc1.[Ni]. The molecule has 2 aliphatic carbocycles. The first kappa shape index (κ1) is 23.6. The van der Waals surface area contributed by atoms with E-state index in [1.807, 2.05) is 72.8 Å². The number of allylic oxidation sites excluding steroid dienone is 10. The van der Waals surface area contributed by atoms with E-state index in [4.69, 9.17) is 0 Å². The van der Waals surface area contributed by atoms with Gasteiger partial charge in [-0.15, -0.1) is 0 Å². The molecule has 2 N–H and O–H groups in total. The summed E-state index contributed by atoms with van der Waals surface area (Å²) in [7, 11) is 0. The van der Waals surface area contributed by atoms with Crippen LogP contribution in [0.25, 0.3) is 0 Å². The van der Waals surface area contributed by atoms with Crippen molar-refractivity contribution in [1.29, 1.82) is 0 Å². The standard InChI is InChI=1S/2C13H11NO.Ni/c2*15-13-9-5-4-6-11(13)10-14-12-7-2-1-3-8-12;/h2*1-10,14H;/b2*11-10-;. The van der Waals surface area contributed by atoms with Crippen LogP contribution in [0.15, 0.2) is 133 Å². The summed E-state index contributed by atoms with van der Waals surface area (Å²) >= 11 is 0. The van der Waals surface area contributed by atoms with Gasteiger partial charge in [0.25, 0.3) is 0 Å². The maximum absolute atomic E-state index is 11.4. The van der Waals surface area contributed by atoms with Crippen LogP contribution in [-0.4, -0.2) is 11.6 Å². The molecule has 0 radical (unpaired) electrons. The number of rotatable bonds is 4. The van der Waals surface area contributed by atoms with Crippen LogP contribution >= 0.6 is 0 Å². The third kappa shape index (κ3) is 7.92. The molecule has 0 amide bonds. The minimum absolute atomic E-state index is 0. The molecule has 0 aromatic heterocycles. The summed E-state index contributed by atoms with van der Waals surface area (Å²) in [5.74, 6) is 0.0573. The first-order chi connectivity index (χ1) is 14.7. The van der Waals surface area contributed by atoms with E-state index in [0.717, 1.165) is 11.4 Å². The molecule has 2 aromatic rings. The minimum atomic E-state index is 0. The fraction of sp³-hybridized carbons (Fsp3) is 0. The third-order valence-corrected chi connectivity index (χ3v) is 4.17. The van der Waals surface area contributed by atoms with Crippen LogP contribution in [0.4, 0.5) is 11.4 Å². The van der Waals surface area contributed by atoms with Gasteiger partial charge < -0.3 is 10.6 Å². The number of hydrogen-bond donors (Lipinski definition) is 2. The van der Waals surface area contributed by atoms with Crippen molar-refractivity contribution in [3.05, 3.63) is 133 Å². The van der Waals surface area contributed by atoms with Gasteiger partial charge >= 0.3 is 0 Å². The van der Waals surface area contributed by atoms with E-state index in [9.17, 15) is 9.59 Å². The van der Waals surface area contributed by atoms with Gasteiger partial charge in [-0.2, -0.15) is 0 Å². The monoisotopic (exact) mass is 452 g/mol. The fourth-order valence-corrected chi connectivity index (χ4v) is 2.59. The molecule has 0 bridgehead atoms. The number of carbonyl (C=O) groups is 2. The van der Waals surface area contributed by atoms with E-state index >= 15 is 0 Å². The molecule has 0 aliphatic heterocycles. The van der Waals surface area contributed by atoms with Crippen molar-refractivity contribution in [1.82, 2.24) is 0 Å². The van der Waals surface area contributed by atoms with E-state index in [1.54, 1.807) is 48.9 Å². The molecule has 2 aromatic carbocycles. The van der Waals surface area contributed by atoms with E-state index in [-0.39, 0.29) is 28.1 Å². The second kappa shape index (κ2) is 12.8. The van der Waals surface area contributed by atoms with Crippen LogP contribution in [-0.2, 0) is 26.1 Å². The van der Waals surface area contributed by atoms with Gasteiger partial charge in [-0.1, -0.05) is 60.7 Å².